The monoisotopic (exact) mass is 520 g/mol. The van der Waals surface area contributed by atoms with Crippen LogP contribution in [0.4, 0.5) is 34.9 Å². The number of anilines is 3. The van der Waals surface area contributed by atoms with Gasteiger partial charge in [0.15, 0.2) is 11.5 Å². The fraction of sp³-hybridized carbons (Fsp3) is 0.0455. The SMILES string of the molecule is O=C(O)C(=O)Nc1cccc(-c2cnc(Nc3ccc(F)c(Cl)c3)nc2-n2ccc(C(F)(F)F)n2)c1. The molecule has 36 heavy (non-hydrogen) atoms. The number of nitrogens with zero attached hydrogens (tertiary/aromatic N) is 4. The van der Waals surface area contributed by atoms with E-state index < -0.39 is 29.6 Å². The molecule has 0 aliphatic carbocycles. The highest BCUT2D eigenvalue weighted by Crippen LogP contribution is 2.31. The summed E-state index contributed by atoms with van der Waals surface area (Å²) in [6, 6.07) is 10.4. The Morgan fingerprint density at radius 3 is 2.50 bits per heavy atom. The highest BCUT2D eigenvalue weighted by molar-refractivity contribution is 6.36. The molecule has 0 radical (unpaired) electrons. The molecule has 4 rings (SSSR count). The second kappa shape index (κ2) is 9.62. The Labute approximate surface area is 204 Å². The standard InChI is InChI=1S/C22H13ClF4N6O3/c23-15-9-13(4-5-16(15)24)30-21-28-10-14(11-2-1-3-12(8-11)29-19(34)20(35)36)18(31-21)33-7-6-17(32-33)22(25,26)27/h1-10H,(H,29,34)(H,35,36)(H,28,30,31). The molecule has 0 saturated heterocycles. The van der Waals surface area contributed by atoms with Gasteiger partial charge in [-0.25, -0.2) is 18.9 Å². The van der Waals surface area contributed by atoms with Crippen LogP contribution in [0.5, 0.6) is 0 Å². The van der Waals surface area contributed by atoms with E-state index in [1.54, 1.807) is 6.07 Å². The fourth-order valence-electron chi connectivity index (χ4n) is 3.06. The molecule has 0 atom stereocenters. The third kappa shape index (κ3) is 5.41. The van der Waals surface area contributed by atoms with E-state index in [1.807, 2.05) is 0 Å². The highest BCUT2D eigenvalue weighted by atomic mass is 35.5. The number of halogens is 5. The summed E-state index contributed by atoms with van der Waals surface area (Å²) in [6.07, 6.45) is -2.35. The van der Waals surface area contributed by atoms with Crippen molar-refractivity contribution >= 4 is 40.8 Å². The van der Waals surface area contributed by atoms with E-state index in [0.717, 1.165) is 23.0 Å². The minimum atomic E-state index is -4.70. The first-order chi connectivity index (χ1) is 17.0. The molecule has 0 aliphatic heterocycles. The number of carbonyl (C=O) groups excluding carboxylic acids is 1. The van der Waals surface area contributed by atoms with Gasteiger partial charge in [-0.05, 0) is 42.0 Å². The van der Waals surface area contributed by atoms with Crippen molar-refractivity contribution < 1.29 is 32.3 Å². The number of aromatic nitrogens is 4. The lowest BCUT2D eigenvalue weighted by molar-refractivity contribution is -0.147. The van der Waals surface area contributed by atoms with Crippen molar-refractivity contribution in [2.45, 2.75) is 6.18 Å². The molecule has 0 fully saturated rings. The Kier molecular flexibility index (Phi) is 6.57. The van der Waals surface area contributed by atoms with Gasteiger partial charge in [0.05, 0.1) is 5.02 Å². The van der Waals surface area contributed by atoms with Gasteiger partial charge in [0.25, 0.3) is 0 Å². The molecule has 4 aromatic rings. The lowest BCUT2D eigenvalue weighted by Gasteiger charge is -2.13. The van der Waals surface area contributed by atoms with Crippen molar-refractivity contribution in [3.63, 3.8) is 0 Å². The predicted molar refractivity (Wildman–Crippen MR) is 121 cm³/mol. The molecular formula is C22H13ClF4N6O3. The van der Waals surface area contributed by atoms with Crippen LogP contribution in [0.3, 0.4) is 0 Å². The summed E-state index contributed by atoms with van der Waals surface area (Å²) in [7, 11) is 0. The zero-order valence-corrected chi connectivity index (χ0v) is 18.5. The topological polar surface area (TPSA) is 122 Å². The third-order valence-corrected chi connectivity index (χ3v) is 4.96. The average molecular weight is 521 g/mol. The maximum absolute atomic E-state index is 13.5. The van der Waals surface area contributed by atoms with E-state index in [0.29, 0.717) is 11.3 Å². The number of nitrogens with one attached hydrogen (secondary N) is 2. The van der Waals surface area contributed by atoms with Crippen molar-refractivity contribution in [3.05, 3.63) is 77.5 Å². The summed E-state index contributed by atoms with van der Waals surface area (Å²) in [5, 5.41) is 17.2. The Balaban J connectivity index is 1.78. The van der Waals surface area contributed by atoms with E-state index >= 15 is 0 Å². The second-order valence-electron chi connectivity index (χ2n) is 7.17. The number of rotatable bonds is 5. The van der Waals surface area contributed by atoms with Gasteiger partial charge < -0.3 is 15.7 Å². The minimum Gasteiger partial charge on any atom is -0.474 e. The fourth-order valence-corrected chi connectivity index (χ4v) is 3.24. The predicted octanol–water partition coefficient (Wildman–Crippen LogP) is 4.91. The Hall–Kier alpha value is -4.52. The zero-order chi connectivity index (χ0) is 26.0. The Bertz CT molecular complexity index is 1470. The van der Waals surface area contributed by atoms with Crippen LogP contribution in [-0.4, -0.2) is 36.7 Å². The van der Waals surface area contributed by atoms with E-state index in [2.05, 4.69) is 25.7 Å². The van der Waals surface area contributed by atoms with Crippen LogP contribution in [0.15, 0.2) is 60.9 Å². The van der Waals surface area contributed by atoms with Crippen LogP contribution in [0.2, 0.25) is 5.02 Å². The van der Waals surface area contributed by atoms with Gasteiger partial charge in [-0.2, -0.15) is 23.3 Å². The van der Waals surface area contributed by atoms with Crippen molar-refractivity contribution in [1.82, 2.24) is 19.7 Å². The van der Waals surface area contributed by atoms with Gasteiger partial charge in [-0.15, -0.1) is 0 Å². The van der Waals surface area contributed by atoms with Crippen LogP contribution >= 0.6 is 11.6 Å². The van der Waals surface area contributed by atoms with Gasteiger partial charge in [0.2, 0.25) is 5.95 Å². The quantitative estimate of drug-likeness (QED) is 0.252. The van der Waals surface area contributed by atoms with Crippen molar-refractivity contribution in [2.75, 3.05) is 10.6 Å². The van der Waals surface area contributed by atoms with E-state index in [9.17, 15) is 27.2 Å². The van der Waals surface area contributed by atoms with Crippen molar-refractivity contribution in [1.29, 1.82) is 0 Å². The molecule has 0 unspecified atom stereocenters. The number of aliphatic carboxylic acids is 1. The molecule has 0 aliphatic rings. The molecule has 184 valence electrons. The van der Waals surface area contributed by atoms with Crippen LogP contribution in [0.25, 0.3) is 16.9 Å². The summed E-state index contributed by atoms with van der Waals surface area (Å²) >= 11 is 5.79. The molecule has 2 aromatic carbocycles. The van der Waals surface area contributed by atoms with Crippen LogP contribution in [-0.2, 0) is 15.8 Å². The van der Waals surface area contributed by atoms with Gasteiger partial charge >= 0.3 is 18.1 Å². The van der Waals surface area contributed by atoms with Crippen molar-refractivity contribution in [3.8, 4) is 16.9 Å². The van der Waals surface area contributed by atoms with E-state index in [1.165, 1.54) is 36.5 Å². The maximum atomic E-state index is 13.5. The normalized spacial score (nSPS) is 11.2. The lowest BCUT2D eigenvalue weighted by atomic mass is 10.1. The smallest absolute Gasteiger partial charge is 0.435 e. The number of hydrogen-bond donors (Lipinski definition) is 3. The Morgan fingerprint density at radius 2 is 1.83 bits per heavy atom. The molecular weight excluding hydrogens is 508 g/mol. The number of alkyl halides is 3. The summed E-state index contributed by atoms with van der Waals surface area (Å²) in [6.45, 7) is 0. The van der Waals surface area contributed by atoms with Crippen LogP contribution in [0, 0.1) is 5.82 Å². The molecule has 3 N–H and O–H groups in total. The number of carbonyl (C=O) groups is 2. The number of amides is 1. The third-order valence-electron chi connectivity index (χ3n) is 4.67. The van der Waals surface area contributed by atoms with Crippen molar-refractivity contribution in [2.24, 2.45) is 0 Å². The van der Waals surface area contributed by atoms with Gasteiger partial charge in [0.1, 0.15) is 5.82 Å². The van der Waals surface area contributed by atoms with Gasteiger partial charge in [-0.3, -0.25) is 4.79 Å². The van der Waals surface area contributed by atoms with Crippen LogP contribution < -0.4 is 10.6 Å². The summed E-state index contributed by atoms with van der Waals surface area (Å²) in [5.41, 5.74) is -0.177. The first-order valence-corrected chi connectivity index (χ1v) is 10.3. The average Bonchev–Trinajstić information content (AvgIpc) is 3.33. The molecule has 1 amide bonds. The largest absolute Gasteiger partial charge is 0.474 e. The maximum Gasteiger partial charge on any atom is 0.435 e. The molecule has 0 spiro atoms. The number of carboxylic acid groups (broad SMARTS) is 1. The number of hydrogen-bond acceptors (Lipinski definition) is 6. The molecule has 0 bridgehead atoms. The Morgan fingerprint density at radius 1 is 1.06 bits per heavy atom. The molecule has 2 heterocycles. The van der Waals surface area contributed by atoms with Gasteiger partial charge in [0, 0.05) is 29.3 Å². The summed E-state index contributed by atoms with van der Waals surface area (Å²) in [4.78, 5) is 30.8. The molecule has 2 aromatic heterocycles. The van der Waals surface area contributed by atoms with Crippen LogP contribution in [0.1, 0.15) is 5.69 Å². The van der Waals surface area contributed by atoms with E-state index in [4.69, 9.17) is 16.7 Å². The molecule has 14 heteroatoms. The lowest BCUT2D eigenvalue weighted by Crippen LogP contribution is -2.21. The van der Waals surface area contributed by atoms with E-state index in [-0.39, 0.29) is 28.0 Å². The van der Waals surface area contributed by atoms with Gasteiger partial charge in [-0.1, -0.05) is 23.7 Å². The summed E-state index contributed by atoms with van der Waals surface area (Å²) < 4.78 is 53.9. The second-order valence-corrected chi connectivity index (χ2v) is 7.58. The first-order valence-electron chi connectivity index (χ1n) is 9.88. The zero-order valence-electron chi connectivity index (χ0n) is 17.7. The number of carboxylic acids is 1. The summed E-state index contributed by atoms with van der Waals surface area (Å²) in [5.74, 6) is -3.75. The molecule has 0 saturated carbocycles. The first kappa shape index (κ1) is 24.6. The minimum absolute atomic E-state index is 0.0594. The highest BCUT2D eigenvalue weighted by Gasteiger charge is 2.34. The number of benzene rings is 2. The molecule has 9 nitrogen and oxygen atoms in total.